The average molecular weight is 263 g/mol. The van der Waals surface area contributed by atoms with Gasteiger partial charge < -0.3 is 9.47 Å². The second-order valence-electron chi connectivity index (χ2n) is 4.39. The van der Waals surface area contributed by atoms with E-state index in [1.54, 1.807) is 7.11 Å². The molecule has 1 saturated carbocycles. The summed E-state index contributed by atoms with van der Waals surface area (Å²) >= 11 is 3.40. The van der Waals surface area contributed by atoms with Crippen molar-refractivity contribution in [1.29, 1.82) is 0 Å². The Kier molecular flexibility index (Phi) is 3.45. The van der Waals surface area contributed by atoms with Crippen LogP contribution in [0, 0.1) is 5.41 Å². The zero-order chi connectivity index (χ0) is 11.0. The van der Waals surface area contributed by atoms with Gasteiger partial charge >= 0.3 is 0 Å². The molecule has 0 heterocycles. The average Bonchev–Trinajstić information content (AvgIpc) is 2.14. The van der Waals surface area contributed by atoms with E-state index in [1.165, 1.54) is 5.57 Å². The summed E-state index contributed by atoms with van der Waals surface area (Å²) in [6, 6.07) is 0. The van der Waals surface area contributed by atoms with Crippen LogP contribution in [0.25, 0.3) is 0 Å². The van der Waals surface area contributed by atoms with E-state index in [4.69, 9.17) is 9.47 Å². The predicted molar refractivity (Wildman–Crippen MR) is 61.6 cm³/mol. The number of methoxy groups -OCH3 is 1. The molecule has 1 fully saturated rings. The summed E-state index contributed by atoms with van der Waals surface area (Å²) in [6.07, 6.45) is 0.133. The minimum Gasteiger partial charge on any atom is -0.374 e. The maximum atomic E-state index is 5.74. The molecule has 14 heavy (non-hydrogen) atoms. The van der Waals surface area contributed by atoms with Crippen LogP contribution in [0.3, 0.4) is 0 Å². The van der Waals surface area contributed by atoms with Gasteiger partial charge in [0.2, 0.25) is 0 Å². The molecule has 2 nitrogen and oxygen atoms in total. The number of hydrogen-bond donors (Lipinski definition) is 0. The highest BCUT2D eigenvalue weighted by molar-refractivity contribution is 9.11. The van der Waals surface area contributed by atoms with Crippen LogP contribution in [0.4, 0.5) is 0 Å². The van der Waals surface area contributed by atoms with Crippen molar-refractivity contribution in [2.75, 3.05) is 13.7 Å². The van der Waals surface area contributed by atoms with Crippen LogP contribution in [0.15, 0.2) is 10.6 Å². The lowest BCUT2D eigenvalue weighted by Crippen LogP contribution is -2.66. The lowest BCUT2D eigenvalue weighted by atomic mass is 9.55. The van der Waals surface area contributed by atoms with Crippen LogP contribution in [0.2, 0.25) is 0 Å². The molecule has 0 amide bonds. The Balaban J connectivity index is 2.95. The van der Waals surface area contributed by atoms with Gasteiger partial charge in [0.05, 0.1) is 6.10 Å². The molecule has 1 aliphatic rings. The molecule has 82 valence electrons. The topological polar surface area (TPSA) is 18.5 Å². The molecular formula is C11H19BrO2. The van der Waals surface area contributed by atoms with Gasteiger partial charge in [-0.2, -0.15) is 0 Å². The van der Waals surface area contributed by atoms with Gasteiger partial charge in [0, 0.05) is 19.1 Å². The molecule has 0 aromatic heterocycles. The summed E-state index contributed by atoms with van der Waals surface area (Å²) in [5.74, 6) is 0. The maximum Gasteiger partial charge on any atom is 0.114 e. The van der Waals surface area contributed by atoms with Crippen molar-refractivity contribution in [3.05, 3.63) is 10.6 Å². The summed E-state index contributed by atoms with van der Waals surface area (Å²) in [7, 11) is 1.73. The first-order valence-corrected chi connectivity index (χ1v) is 5.84. The summed E-state index contributed by atoms with van der Waals surface area (Å²) in [4.78, 5) is 1.96. The molecular weight excluding hydrogens is 244 g/mol. The molecule has 0 aromatic carbocycles. The van der Waals surface area contributed by atoms with Gasteiger partial charge in [0.1, 0.15) is 5.60 Å². The summed E-state index contributed by atoms with van der Waals surface area (Å²) in [5.41, 5.74) is 1.04. The quantitative estimate of drug-likeness (QED) is 0.778. The van der Waals surface area contributed by atoms with Crippen molar-refractivity contribution in [3.63, 3.8) is 0 Å². The van der Waals surface area contributed by atoms with E-state index >= 15 is 0 Å². The molecule has 0 aliphatic heterocycles. The van der Waals surface area contributed by atoms with E-state index in [0.717, 1.165) is 6.61 Å². The van der Waals surface area contributed by atoms with Crippen molar-refractivity contribution < 1.29 is 9.47 Å². The fraction of sp³-hybridized carbons (Fsp3) is 0.818. The third kappa shape index (κ3) is 1.46. The van der Waals surface area contributed by atoms with E-state index in [9.17, 15) is 0 Å². The standard InChI is InChI=1S/C11H19BrO2/c1-6-14-9-10(2,3)8(7-12)11(9,4)13-5/h7,9H,6H2,1-5H3/b8-7+/t9-,11-/m0/s1. The molecule has 1 rings (SSSR count). The Labute approximate surface area is 94.8 Å². The highest BCUT2D eigenvalue weighted by atomic mass is 79.9. The molecule has 0 aromatic rings. The van der Waals surface area contributed by atoms with Gasteiger partial charge in [-0.3, -0.25) is 0 Å². The van der Waals surface area contributed by atoms with Crippen molar-refractivity contribution in [1.82, 2.24) is 0 Å². The van der Waals surface area contributed by atoms with Crippen LogP contribution < -0.4 is 0 Å². The first-order valence-electron chi connectivity index (χ1n) is 4.93. The second kappa shape index (κ2) is 3.95. The van der Waals surface area contributed by atoms with Crippen LogP contribution >= 0.6 is 15.9 Å². The van der Waals surface area contributed by atoms with Gasteiger partial charge in [0.15, 0.2) is 0 Å². The Morgan fingerprint density at radius 2 is 2.00 bits per heavy atom. The molecule has 1 aliphatic carbocycles. The Hall–Kier alpha value is 0.140. The molecule has 0 unspecified atom stereocenters. The largest absolute Gasteiger partial charge is 0.374 e. The second-order valence-corrected chi connectivity index (χ2v) is 4.85. The lowest BCUT2D eigenvalue weighted by Gasteiger charge is -2.59. The fourth-order valence-electron chi connectivity index (χ4n) is 2.53. The van der Waals surface area contributed by atoms with Crippen LogP contribution in [-0.4, -0.2) is 25.4 Å². The Morgan fingerprint density at radius 1 is 1.43 bits per heavy atom. The molecule has 0 spiro atoms. The summed E-state index contributed by atoms with van der Waals surface area (Å²) < 4.78 is 11.3. The van der Waals surface area contributed by atoms with Gasteiger partial charge in [-0.25, -0.2) is 0 Å². The van der Waals surface area contributed by atoms with Gasteiger partial charge in [0.25, 0.3) is 0 Å². The minimum atomic E-state index is -0.275. The maximum absolute atomic E-state index is 5.74. The van der Waals surface area contributed by atoms with E-state index in [-0.39, 0.29) is 17.1 Å². The van der Waals surface area contributed by atoms with Gasteiger partial charge in [-0.05, 0) is 24.4 Å². The predicted octanol–water partition coefficient (Wildman–Crippen LogP) is 3.12. The summed E-state index contributed by atoms with van der Waals surface area (Å²) in [6.45, 7) is 9.18. The Morgan fingerprint density at radius 3 is 2.36 bits per heavy atom. The minimum absolute atomic E-state index is 0.0598. The molecule has 2 atom stereocenters. The number of ether oxygens (including phenoxy) is 2. The monoisotopic (exact) mass is 262 g/mol. The number of rotatable bonds is 3. The van der Waals surface area contributed by atoms with Crippen LogP contribution in [0.5, 0.6) is 0 Å². The molecule has 0 saturated heterocycles. The van der Waals surface area contributed by atoms with E-state index in [0.29, 0.717) is 0 Å². The van der Waals surface area contributed by atoms with Crippen molar-refractivity contribution in [2.24, 2.45) is 5.41 Å². The lowest BCUT2D eigenvalue weighted by molar-refractivity contribution is -0.194. The zero-order valence-electron chi connectivity index (χ0n) is 9.56. The Bertz CT molecular complexity index is 248. The third-order valence-electron chi connectivity index (χ3n) is 3.25. The normalized spacial score (nSPS) is 38.4. The van der Waals surface area contributed by atoms with E-state index < -0.39 is 0 Å². The van der Waals surface area contributed by atoms with E-state index in [2.05, 4.69) is 36.7 Å². The van der Waals surface area contributed by atoms with Crippen molar-refractivity contribution >= 4 is 15.9 Å². The van der Waals surface area contributed by atoms with Crippen LogP contribution in [-0.2, 0) is 9.47 Å². The number of halogens is 1. The fourth-order valence-corrected chi connectivity index (χ4v) is 3.58. The smallest absolute Gasteiger partial charge is 0.114 e. The van der Waals surface area contributed by atoms with E-state index in [1.807, 2.05) is 11.9 Å². The van der Waals surface area contributed by atoms with Crippen LogP contribution in [0.1, 0.15) is 27.7 Å². The molecule has 0 radical (unpaired) electrons. The highest BCUT2D eigenvalue weighted by Gasteiger charge is 2.61. The van der Waals surface area contributed by atoms with Crippen molar-refractivity contribution in [2.45, 2.75) is 39.4 Å². The molecule has 3 heteroatoms. The third-order valence-corrected chi connectivity index (χ3v) is 3.71. The van der Waals surface area contributed by atoms with Crippen molar-refractivity contribution in [3.8, 4) is 0 Å². The van der Waals surface area contributed by atoms with Gasteiger partial charge in [-0.15, -0.1) is 0 Å². The first kappa shape index (κ1) is 12.2. The first-order chi connectivity index (χ1) is 6.45. The zero-order valence-corrected chi connectivity index (χ0v) is 11.1. The SMILES string of the molecule is CCO[C@H]1C(C)(C)/C(=C\Br)[C@]1(C)OC. The number of hydrogen-bond acceptors (Lipinski definition) is 2. The molecule has 0 bridgehead atoms. The summed E-state index contributed by atoms with van der Waals surface area (Å²) in [5, 5.41) is 0. The molecule has 0 N–H and O–H groups in total. The van der Waals surface area contributed by atoms with Gasteiger partial charge in [-0.1, -0.05) is 29.8 Å². The highest BCUT2D eigenvalue weighted by Crippen LogP contribution is 2.56.